The lowest BCUT2D eigenvalue weighted by Gasteiger charge is -2.27. The highest BCUT2D eigenvalue weighted by molar-refractivity contribution is 7.18. The standard InChI is InChI=1S/C26H29N3O5S/c1-2-33-22-16-18(9-10-21(22)34-17-24(30)28-12-14-32-15-13-28)26(31)29-11-5-7-20(29)25-27-19-6-3-4-8-23(19)35-25/h3-4,6,8-10,16,20H,2,5,7,11-15,17H2,1H3. The Morgan fingerprint density at radius 1 is 1.09 bits per heavy atom. The quantitative estimate of drug-likeness (QED) is 0.494. The van der Waals surface area contributed by atoms with Crippen LogP contribution in [0.1, 0.15) is 41.2 Å². The fourth-order valence-corrected chi connectivity index (χ4v) is 5.65. The fraction of sp³-hybridized carbons (Fsp3) is 0.423. The smallest absolute Gasteiger partial charge is 0.260 e. The number of rotatable bonds is 7. The lowest BCUT2D eigenvalue weighted by molar-refractivity contribution is -0.137. The number of carbonyl (C=O) groups is 2. The lowest BCUT2D eigenvalue weighted by Crippen LogP contribution is -2.43. The van der Waals surface area contributed by atoms with Gasteiger partial charge in [-0.25, -0.2) is 4.98 Å². The van der Waals surface area contributed by atoms with Gasteiger partial charge in [0.25, 0.3) is 11.8 Å². The van der Waals surface area contributed by atoms with Gasteiger partial charge < -0.3 is 24.0 Å². The fourth-order valence-electron chi connectivity index (χ4n) is 4.54. The summed E-state index contributed by atoms with van der Waals surface area (Å²) in [5, 5.41) is 0.976. The number of ether oxygens (including phenoxy) is 3. The van der Waals surface area contributed by atoms with Crippen LogP contribution in [0.3, 0.4) is 0 Å². The third-order valence-corrected chi connectivity index (χ3v) is 7.45. The first-order chi connectivity index (χ1) is 17.1. The zero-order valence-electron chi connectivity index (χ0n) is 19.8. The second-order valence-electron chi connectivity index (χ2n) is 8.55. The molecule has 0 radical (unpaired) electrons. The number of benzene rings is 2. The number of carbonyl (C=O) groups excluding carboxylic acids is 2. The SMILES string of the molecule is CCOc1cc(C(=O)N2CCCC2c2nc3ccccc3s2)ccc1OCC(=O)N1CCOCC1. The normalized spacial score (nSPS) is 18.1. The number of hydrogen-bond acceptors (Lipinski definition) is 7. The van der Waals surface area contributed by atoms with Crippen molar-refractivity contribution in [2.45, 2.75) is 25.8 Å². The molecule has 0 aliphatic carbocycles. The van der Waals surface area contributed by atoms with Crippen molar-refractivity contribution in [3.8, 4) is 11.5 Å². The molecular formula is C26H29N3O5S. The maximum Gasteiger partial charge on any atom is 0.260 e. The molecule has 5 rings (SSSR count). The minimum Gasteiger partial charge on any atom is -0.490 e. The molecule has 9 heteroatoms. The summed E-state index contributed by atoms with van der Waals surface area (Å²) in [6.07, 6.45) is 1.84. The molecule has 3 aromatic rings. The van der Waals surface area contributed by atoms with Crippen molar-refractivity contribution in [3.05, 3.63) is 53.0 Å². The predicted octanol–water partition coefficient (Wildman–Crippen LogP) is 3.91. The van der Waals surface area contributed by atoms with Crippen LogP contribution in [0, 0.1) is 0 Å². The number of amides is 2. The predicted molar refractivity (Wildman–Crippen MR) is 133 cm³/mol. The largest absolute Gasteiger partial charge is 0.490 e. The first kappa shape index (κ1) is 23.6. The summed E-state index contributed by atoms with van der Waals surface area (Å²) in [5.41, 5.74) is 1.51. The molecule has 0 saturated carbocycles. The molecule has 2 amide bonds. The van der Waals surface area contributed by atoms with Crippen molar-refractivity contribution < 1.29 is 23.8 Å². The Morgan fingerprint density at radius 2 is 1.91 bits per heavy atom. The van der Waals surface area contributed by atoms with Gasteiger partial charge in [-0.15, -0.1) is 11.3 Å². The van der Waals surface area contributed by atoms with Gasteiger partial charge in [-0.1, -0.05) is 12.1 Å². The molecule has 2 aliphatic heterocycles. The molecule has 8 nitrogen and oxygen atoms in total. The van der Waals surface area contributed by atoms with E-state index in [1.165, 1.54) is 0 Å². The zero-order valence-corrected chi connectivity index (χ0v) is 20.6. The van der Waals surface area contributed by atoms with Crippen LogP contribution in [0.5, 0.6) is 11.5 Å². The van der Waals surface area contributed by atoms with Crippen LogP contribution >= 0.6 is 11.3 Å². The summed E-state index contributed by atoms with van der Waals surface area (Å²) in [6, 6.07) is 13.2. The van der Waals surface area contributed by atoms with Gasteiger partial charge in [0.15, 0.2) is 18.1 Å². The molecule has 0 bridgehead atoms. The van der Waals surface area contributed by atoms with E-state index in [0.717, 1.165) is 28.1 Å². The Morgan fingerprint density at radius 3 is 2.71 bits per heavy atom. The van der Waals surface area contributed by atoms with Crippen molar-refractivity contribution >= 4 is 33.4 Å². The van der Waals surface area contributed by atoms with E-state index in [9.17, 15) is 9.59 Å². The number of nitrogens with zero attached hydrogens (tertiary/aromatic N) is 3. The molecule has 0 spiro atoms. The molecule has 2 saturated heterocycles. The average Bonchev–Trinajstić information content (AvgIpc) is 3.55. The minimum atomic E-state index is -0.0911. The van der Waals surface area contributed by atoms with E-state index in [1.807, 2.05) is 30.0 Å². The first-order valence-corrected chi connectivity index (χ1v) is 12.9. The average molecular weight is 496 g/mol. The second-order valence-corrected chi connectivity index (χ2v) is 9.61. The Hall–Kier alpha value is -3.17. The van der Waals surface area contributed by atoms with Crippen molar-refractivity contribution in [1.82, 2.24) is 14.8 Å². The number of thiazole rings is 1. The van der Waals surface area contributed by atoms with Crippen LogP contribution < -0.4 is 9.47 Å². The first-order valence-electron chi connectivity index (χ1n) is 12.1. The van der Waals surface area contributed by atoms with E-state index in [2.05, 4.69) is 6.07 Å². The number of morpholine rings is 1. The van der Waals surface area contributed by atoms with Crippen molar-refractivity contribution in [2.24, 2.45) is 0 Å². The third kappa shape index (κ3) is 5.11. The molecule has 2 aliphatic rings. The summed E-state index contributed by atoms with van der Waals surface area (Å²) in [7, 11) is 0. The minimum absolute atomic E-state index is 0.0301. The molecule has 35 heavy (non-hydrogen) atoms. The Labute approximate surface area is 208 Å². The van der Waals surface area contributed by atoms with Crippen molar-refractivity contribution in [1.29, 1.82) is 0 Å². The van der Waals surface area contributed by atoms with E-state index >= 15 is 0 Å². The third-order valence-electron chi connectivity index (χ3n) is 6.31. The van der Waals surface area contributed by atoms with Crippen molar-refractivity contribution in [3.63, 3.8) is 0 Å². The zero-order chi connectivity index (χ0) is 24.2. The van der Waals surface area contributed by atoms with Gasteiger partial charge in [-0.05, 0) is 50.1 Å². The van der Waals surface area contributed by atoms with E-state index in [0.29, 0.717) is 56.5 Å². The molecule has 3 heterocycles. The maximum absolute atomic E-state index is 13.5. The van der Waals surface area contributed by atoms with Gasteiger partial charge >= 0.3 is 0 Å². The summed E-state index contributed by atoms with van der Waals surface area (Å²) in [4.78, 5) is 34.4. The molecule has 2 fully saturated rings. The Balaban J connectivity index is 1.31. The van der Waals surface area contributed by atoms with Crippen LogP contribution in [0.25, 0.3) is 10.2 Å². The highest BCUT2D eigenvalue weighted by atomic mass is 32.1. The van der Waals surface area contributed by atoms with Gasteiger partial charge in [0.1, 0.15) is 5.01 Å². The molecule has 0 N–H and O–H groups in total. The van der Waals surface area contributed by atoms with Crippen LogP contribution in [-0.4, -0.2) is 72.7 Å². The van der Waals surface area contributed by atoms with Gasteiger partial charge in [-0.2, -0.15) is 0 Å². The second kappa shape index (κ2) is 10.6. The van der Waals surface area contributed by atoms with Crippen LogP contribution in [0.15, 0.2) is 42.5 Å². The Kier molecular flexibility index (Phi) is 7.15. The summed E-state index contributed by atoms with van der Waals surface area (Å²) in [5.74, 6) is 0.772. The highest BCUT2D eigenvalue weighted by Gasteiger charge is 2.33. The molecular weight excluding hydrogens is 466 g/mol. The topological polar surface area (TPSA) is 81.2 Å². The molecule has 1 aromatic heterocycles. The summed E-state index contributed by atoms with van der Waals surface area (Å²) in [6.45, 7) is 5.13. The van der Waals surface area contributed by atoms with Gasteiger partial charge in [0.05, 0.1) is 36.1 Å². The van der Waals surface area contributed by atoms with E-state index in [4.69, 9.17) is 19.2 Å². The summed E-state index contributed by atoms with van der Waals surface area (Å²) >= 11 is 1.65. The lowest BCUT2D eigenvalue weighted by atomic mass is 10.1. The highest BCUT2D eigenvalue weighted by Crippen LogP contribution is 2.38. The Bertz CT molecular complexity index is 1170. The van der Waals surface area contributed by atoms with Crippen LogP contribution in [0.4, 0.5) is 0 Å². The molecule has 1 unspecified atom stereocenters. The van der Waals surface area contributed by atoms with Crippen LogP contribution in [-0.2, 0) is 9.53 Å². The number of likely N-dealkylation sites (tertiary alicyclic amines) is 1. The van der Waals surface area contributed by atoms with Gasteiger partial charge in [-0.3, -0.25) is 9.59 Å². The summed E-state index contributed by atoms with van der Waals surface area (Å²) < 4.78 is 18.0. The van der Waals surface area contributed by atoms with E-state index in [-0.39, 0.29) is 24.5 Å². The van der Waals surface area contributed by atoms with Gasteiger partial charge in [0.2, 0.25) is 0 Å². The maximum atomic E-state index is 13.5. The number of para-hydroxylation sites is 1. The number of hydrogen-bond donors (Lipinski definition) is 0. The van der Waals surface area contributed by atoms with Crippen molar-refractivity contribution in [2.75, 3.05) is 46.1 Å². The number of fused-ring (bicyclic) bond motifs is 1. The van der Waals surface area contributed by atoms with E-state index < -0.39 is 0 Å². The molecule has 1 atom stereocenters. The van der Waals surface area contributed by atoms with Crippen LogP contribution in [0.2, 0.25) is 0 Å². The van der Waals surface area contributed by atoms with E-state index in [1.54, 1.807) is 34.4 Å². The molecule has 184 valence electrons. The number of aromatic nitrogens is 1. The molecule has 2 aromatic carbocycles. The van der Waals surface area contributed by atoms with Gasteiger partial charge in [0, 0.05) is 25.2 Å². The monoisotopic (exact) mass is 495 g/mol.